The molecule has 1 heterocycles. The van der Waals surface area contributed by atoms with E-state index in [0.717, 1.165) is 17.8 Å². The number of aromatic nitrogens is 2. The minimum Gasteiger partial charge on any atom is -0.487 e. The van der Waals surface area contributed by atoms with Gasteiger partial charge in [0, 0.05) is 25.4 Å². The van der Waals surface area contributed by atoms with E-state index in [0.29, 0.717) is 18.9 Å². The molecule has 0 spiro atoms. The summed E-state index contributed by atoms with van der Waals surface area (Å²) in [5.41, 5.74) is 1.67. The fourth-order valence-electron chi connectivity index (χ4n) is 1.78. The van der Waals surface area contributed by atoms with Gasteiger partial charge in [-0.3, -0.25) is 4.68 Å². The van der Waals surface area contributed by atoms with E-state index in [1.165, 1.54) is 12.1 Å². The van der Waals surface area contributed by atoms with Gasteiger partial charge in [-0.05, 0) is 30.8 Å². The van der Waals surface area contributed by atoms with E-state index in [1.807, 2.05) is 26.2 Å². The first-order chi connectivity index (χ1) is 9.19. The van der Waals surface area contributed by atoms with Crippen molar-refractivity contribution in [1.82, 2.24) is 15.1 Å². The molecule has 0 bridgehead atoms. The zero-order valence-corrected chi connectivity index (χ0v) is 11.2. The van der Waals surface area contributed by atoms with Crippen molar-refractivity contribution in [3.8, 4) is 5.75 Å². The minimum absolute atomic E-state index is 0.252. The van der Waals surface area contributed by atoms with Gasteiger partial charge in [-0.15, -0.1) is 0 Å². The summed E-state index contributed by atoms with van der Waals surface area (Å²) >= 11 is 0. The van der Waals surface area contributed by atoms with Crippen LogP contribution in [0.3, 0.4) is 0 Å². The predicted octanol–water partition coefficient (Wildman–Crippen LogP) is 2.25. The van der Waals surface area contributed by atoms with E-state index in [-0.39, 0.29) is 5.82 Å². The van der Waals surface area contributed by atoms with Crippen LogP contribution in [-0.2, 0) is 20.2 Å². The molecule has 0 radical (unpaired) electrons. The molecule has 5 heteroatoms. The topological polar surface area (TPSA) is 39.1 Å². The molecule has 0 amide bonds. The van der Waals surface area contributed by atoms with Gasteiger partial charge in [0.2, 0.25) is 0 Å². The molecule has 102 valence electrons. The van der Waals surface area contributed by atoms with Crippen LogP contribution >= 0.6 is 0 Å². The summed E-state index contributed by atoms with van der Waals surface area (Å²) in [7, 11) is 1.86. The third-order valence-corrected chi connectivity index (χ3v) is 2.73. The third kappa shape index (κ3) is 3.79. The summed E-state index contributed by atoms with van der Waals surface area (Å²) in [4.78, 5) is 0. The van der Waals surface area contributed by atoms with Crippen molar-refractivity contribution >= 4 is 0 Å². The maximum atomic E-state index is 13.2. The average Bonchev–Trinajstić information content (AvgIpc) is 2.81. The molecule has 0 atom stereocenters. The van der Waals surface area contributed by atoms with Gasteiger partial charge in [0.1, 0.15) is 18.2 Å². The van der Waals surface area contributed by atoms with E-state index in [2.05, 4.69) is 10.4 Å². The first kappa shape index (κ1) is 13.5. The van der Waals surface area contributed by atoms with Gasteiger partial charge in [0.15, 0.2) is 0 Å². The Balaban J connectivity index is 2.05. The Labute approximate surface area is 112 Å². The number of aryl methyl sites for hydroxylation is 1. The lowest BCUT2D eigenvalue weighted by Gasteiger charge is -2.11. The Morgan fingerprint density at radius 2 is 2.21 bits per heavy atom. The first-order valence-electron chi connectivity index (χ1n) is 6.29. The summed E-state index contributed by atoms with van der Waals surface area (Å²) < 4.78 is 20.7. The predicted molar refractivity (Wildman–Crippen MR) is 71.3 cm³/mol. The second-order valence-electron chi connectivity index (χ2n) is 4.30. The molecule has 0 aliphatic rings. The highest BCUT2D eigenvalue weighted by molar-refractivity contribution is 5.34. The molecule has 19 heavy (non-hydrogen) atoms. The highest BCUT2D eigenvalue weighted by Crippen LogP contribution is 2.20. The lowest BCUT2D eigenvalue weighted by molar-refractivity contribution is 0.295. The zero-order valence-electron chi connectivity index (χ0n) is 11.2. The van der Waals surface area contributed by atoms with Crippen LogP contribution in [0.5, 0.6) is 5.75 Å². The highest BCUT2D eigenvalue weighted by Gasteiger charge is 2.06. The van der Waals surface area contributed by atoms with Gasteiger partial charge in [-0.2, -0.15) is 5.10 Å². The molecule has 4 nitrogen and oxygen atoms in total. The van der Waals surface area contributed by atoms with Crippen molar-refractivity contribution in [3.63, 3.8) is 0 Å². The standard InChI is InChI=1S/C14H18FN3O/c1-3-16-9-11-8-12(15)4-5-14(11)19-10-13-6-7-18(2)17-13/h4-8,16H,3,9-10H2,1-2H3. The third-order valence-electron chi connectivity index (χ3n) is 2.73. The smallest absolute Gasteiger partial charge is 0.132 e. The molecule has 2 rings (SSSR count). The van der Waals surface area contributed by atoms with Crippen LogP contribution in [0.15, 0.2) is 30.5 Å². The lowest BCUT2D eigenvalue weighted by Crippen LogP contribution is -2.13. The second-order valence-corrected chi connectivity index (χ2v) is 4.30. The van der Waals surface area contributed by atoms with Crippen molar-refractivity contribution in [2.75, 3.05) is 6.54 Å². The molecule has 0 fully saturated rings. The Kier molecular flexibility index (Phi) is 4.52. The van der Waals surface area contributed by atoms with Crippen LogP contribution in [0.2, 0.25) is 0 Å². The zero-order chi connectivity index (χ0) is 13.7. The monoisotopic (exact) mass is 263 g/mol. The molecule has 0 unspecified atom stereocenters. The lowest BCUT2D eigenvalue weighted by atomic mass is 10.2. The van der Waals surface area contributed by atoms with Gasteiger partial charge >= 0.3 is 0 Å². The van der Waals surface area contributed by atoms with E-state index in [4.69, 9.17) is 4.74 Å². The molecular formula is C14H18FN3O. The molecule has 1 N–H and O–H groups in total. The summed E-state index contributed by atoms with van der Waals surface area (Å²) in [6.45, 7) is 3.81. The number of nitrogens with one attached hydrogen (secondary N) is 1. The summed E-state index contributed by atoms with van der Waals surface area (Å²) in [6, 6.07) is 6.46. The van der Waals surface area contributed by atoms with Crippen LogP contribution in [0, 0.1) is 5.82 Å². The number of nitrogens with zero attached hydrogens (tertiary/aromatic N) is 2. The highest BCUT2D eigenvalue weighted by atomic mass is 19.1. The normalized spacial score (nSPS) is 10.7. The fraction of sp³-hybridized carbons (Fsp3) is 0.357. The van der Waals surface area contributed by atoms with Crippen molar-refractivity contribution < 1.29 is 9.13 Å². The number of halogens is 1. The minimum atomic E-state index is -0.252. The largest absolute Gasteiger partial charge is 0.487 e. The SMILES string of the molecule is CCNCc1cc(F)ccc1OCc1ccn(C)n1. The second kappa shape index (κ2) is 6.33. The van der Waals surface area contributed by atoms with Crippen molar-refractivity contribution in [2.45, 2.75) is 20.1 Å². The molecule has 1 aromatic heterocycles. The Morgan fingerprint density at radius 3 is 2.89 bits per heavy atom. The molecule has 0 saturated heterocycles. The van der Waals surface area contributed by atoms with Gasteiger partial charge in [-0.25, -0.2) is 4.39 Å². The Morgan fingerprint density at radius 1 is 1.37 bits per heavy atom. The van der Waals surface area contributed by atoms with Crippen molar-refractivity contribution in [3.05, 3.63) is 47.5 Å². The Bertz CT molecular complexity index is 539. The number of ether oxygens (including phenoxy) is 1. The van der Waals surface area contributed by atoms with Crippen LogP contribution in [-0.4, -0.2) is 16.3 Å². The van der Waals surface area contributed by atoms with E-state index < -0.39 is 0 Å². The van der Waals surface area contributed by atoms with Crippen molar-refractivity contribution in [1.29, 1.82) is 0 Å². The van der Waals surface area contributed by atoms with Crippen LogP contribution in [0.1, 0.15) is 18.2 Å². The Hall–Kier alpha value is -1.88. The van der Waals surface area contributed by atoms with E-state index >= 15 is 0 Å². The van der Waals surface area contributed by atoms with Gasteiger partial charge in [0.05, 0.1) is 5.69 Å². The number of benzene rings is 1. The van der Waals surface area contributed by atoms with Gasteiger partial charge in [-0.1, -0.05) is 6.92 Å². The maximum Gasteiger partial charge on any atom is 0.132 e. The fourth-order valence-corrected chi connectivity index (χ4v) is 1.78. The number of rotatable bonds is 6. The van der Waals surface area contributed by atoms with Crippen LogP contribution in [0.4, 0.5) is 4.39 Å². The summed E-state index contributed by atoms with van der Waals surface area (Å²) in [6.07, 6.45) is 1.86. The molecular weight excluding hydrogens is 245 g/mol. The average molecular weight is 263 g/mol. The van der Waals surface area contributed by atoms with Gasteiger partial charge in [0.25, 0.3) is 0 Å². The molecule has 2 aromatic rings. The number of hydrogen-bond acceptors (Lipinski definition) is 3. The van der Waals surface area contributed by atoms with E-state index in [1.54, 1.807) is 10.7 Å². The molecule has 1 aromatic carbocycles. The quantitative estimate of drug-likeness (QED) is 0.868. The van der Waals surface area contributed by atoms with Crippen molar-refractivity contribution in [2.24, 2.45) is 7.05 Å². The first-order valence-corrected chi connectivity index (χ1v) is 6.29. The number of hydrogen-bond donors (Lipinski definition) is 1. The van der Waals surface area contributed by atoms with E-state index in [9.17, 15) is 4.39 Å². The molecule has 0 aliphatic carbocycles. The molecule has 0 saturated carbocycles. The summed E-state index contributed by atoms with van der Waals surface area (Å²) in [5, 5.41) is 7.41. The molecule has 0 aliphatic heterocycles. The van der Waals surface area contributed by atoms with Crippen LogP contribution < -0.4 is 10.1 Å². The van der Waals surface area contributed by atoms with Gasteiger partial charge < -0.3 is 10.1 Å². The summed E-state index contributed by atoms with van der Waals surface area (Å²) in [5.74, 6) is 0.436. The maximum absolute atomic E-state index is 13.2. The van der Waals surface area contributed by atoms with Crippen LogP contribution in [0.25, 0.3) is 0 Å².